The minimum atomic E-state index is -0.919. The Morgan fingerprint density at radius 3 is 2.46 bits per heavy atom. The Balaban J connectivity index is 1.34. The number of ketones is 1. The number of carbonyl (C=O) groups is 3. The Kier molecular flexibility index (Phi) is 7.46. The summed E-state index contributed by atoms with van der Waals surface area (Å²) in [7, 11) is 0. The second-order valence-electron chi connectivity index (χ2n) is 9.00. The summed E-state index contributed by atoms with van der Waals surface area (Å²) >= 11 is 12.2. The van der Waals surface area contributed by atoms with Crippen LogP contribution in [0.15, 0.2) is 72.8 Å². The molecular formula is C28H24Cl2N2O5. The SMILES string of the molecule is O=C(NC(Cc1ccc(Cl)c(Cl)c1)C(=O)N1CCC2OCC(=O)C21)c1ccc(Oc2ccccc2)cc1. The Labute approximate surface area is 224 Å². The van der Waals surface area contributed by atoms with Crippen LogP contribution < -0.4 is 10.1 Å². The fourth-order valence-corrected chi connectivity index (χ4v) is 5.01. The number of carbonyl (C=O) groups excluding carboxylic acids is 3. The number of hydrogen-bond acceptors (Lipinski definition) is 5. The van der Waals surface area contributed by atoms with Gasteiger partial charge in [-0.05, 0) is 60.5 Å². The zero-order valence-electron chi connectivity index (χ0n) is 19.7. The van der Waals surface area contributed by atoms with Gasteiger partial charge in [-0.2, -0.15) is 0 Å². The van der Waals surface area contributed by atoms with Gasteiger partial charge in [0.2, 0.25) is 5.91 Å². The second-order valence-corrected chi connectivity index (χ2v) is 9.81. The van der Waals surface area contributed by atoms with Crippen molar-refractivity contribution >= 4 is 40.8 Å². The minimum absolute atomic E-state index is 0.000330. The van der Waals surface area contributed by atoms with E-state index < -0.39 is 18.0 Å². The van der Waals surface area contributed by atoms with Crippen molar-refractivity contribution < 1.29 is 23.9 Å². The van der Waals surface area contributed by atoms with Crippen LogP contribution in [0.3, 0.4) is 0 Å². The van der Waals surface area contributed by atoms with E-state index in [4.69, 9.17) is 32.7 Å². The molecule has 0 spiro atoms. The molecule has 37 heavy (non-hydrogen) atoms. The van der Waals surface area contributed by atoms with Gasteiger partial charge in [0.25, 0.3) is 5.91 Å². The number of nitrogens with zero attached hydrogens (tertiary/aromatic N) is 1. The van der Waals surface area contributed by atoms with E-state index in [0.717, 1.165) is 5.56 Å². The molecule has 2 aliphatic rings. The van der Waals surface area contributed by atoms with Gasteiger partial charge < -0.3 is 19.7 Å². The zero-order chi connectivity index (χ0) is 25.9. The van der Waals surface area contributed by atoms with Crippen LogP contribution in [0.5, 0.6) is 11.5 Å². The molecule has 3 atom stereocenters. The van der Waals surface area contributed by atoms with Gasteiger partial charge in [-0.15, -0.1) is 0 Å². The summed E-state index contributed by atoms with van der Waals surface area (Å²) in [6.45, 7) is 0.388. The number of rotatable bonds is 7. The third kappa shape index (κ3) is 5.64. The van der Waals surface area contributed by atoms with Crippen LogP contribution in [-0.4, -0.2) is 53.8 Å². The third-order valence-electron chi connectivity index (χ3n) is 6.52. The van der Waals surface area contributed by atoms with E-state index >= 15 is 0 Å². The summed E-state index contributed by atoms with van der Waals surface area (Å²) in [5.74, 6) is 0.379. The van der Waals surface area contributed by atoms with Crippen molar-refractivity contribution in [3.63, 3.8) is 0 Å². The number of likely N-dealkylation sites (tertiary alicyclic amines) is 1. The van der Waals surface area contributed by atoms with Gasteiger partial charge in [-0.25, -0.2) is 0 Å². The Bertz CT molecular complexity index is 1320. The fourth-order valence-electron chi connectivity index (χ4n) is 4.68. The minimum Gasteiger partial charge on any atom is -0.457 e. The molecule has 0 aromatic heterocycles. The molecule has 9 heteroatoms. The lowest BCUT2D eigenvalue weighted by Crippen LogP contribution is -2.53. The van der Waals surface area contributed by atoms with Crippen LogP contribution in [0, 0.1) is 0 Å². The van der Waals surface area contributed by atoms with E-state index in [1.54, 1.807) is 42.5 Å². The first-order valence-electron chi connectivity index (χ1n) is 11.9. The highest BCUT2D eigenvalue weighted by Gasteiger charge is 2.48. The molecule has 3 aromatic rings. The van der Waals surface area contributed by atoms with Crippen molar-refractivity contribution in [1.29, 1.82) is 0 Å². The molecule has 2 saturated heterocycles. The highest BCUT2D eigenvalue weighted by atomic mass is 35.5. The maximum atomic E-state index is 13.6. The Morgan fingerprint density at radius 2 is 1.73 bits per heavy atom. The van der Waals surface area contributed by atoms with Gasteiger partial charge in [-0.1, -0.05) is 47.5 Å². The molecule has 3 unspecified atom stereocenters. The normalized spacial score (nSPS) is 19.4. The monoisotopic (exact) mass is 538 g/mol. The third-order valence-corrected chi connectivity index (χ3v) is 7.26. The van der Waals surface area contributed by atoms with Crippen molar-refractivity contribution in [3.05, 3.63) is 94.0 Å². The maximum absolute atomic E-state index is 13.6. The van der Waals surface area contributed by atoms with E-state index in [2.05, 4.69) is 5.32 Å². The van der Waals surface area contributed by atoms with Gasteiger partial charge in [0.1, 0.15) is 30.2 Å². The molecule has 0 radical (unpaired) electrons. The lowest BCUT2D eigenvalue weighted by atomic mass is 10.0. The molecule has 3 aromatic carbocycles. The van der Waals surface area contributed by atoms with Crippen molar-refractivity contribution in [2.75, 3.05) is 13.2 Å². The number of fused-ring (bicyclic) bond motifs is 1. The summed E-state index contributed by atoms with van der Waals surface area (Å²) in [6, 6.07) is 19.5. The molecule has 7 nitrogen and oxygen atoms in total. The van der Waals surface area contributed by atoms with Gasteiger partial charge in [0, 0.05) is 18.5 Å². The quantitative estimate of drug-likeness (QED) is 0.471. The zero-order valence-corrected chi connectivity index (χ0v) is 21.2. The topological polar surface area (TPSA) is 84.9 Å². The summed E-state index contributed by atoms with van der Waals surface area (Å²) in [5.41, 5.74) is 1.09. The van der Waals surface area contributed by atoms with Crippen LogP contribution >= 0.6 is 23.2 Å². The number of amides is 2. The predicted molar refractivity (Wildman–Crippen MR) is 139 cm³/mol. The lowest BCUT2D eigenvalue weighted by molar-refractivity contribution is -0.138. The first kappa shape index (κ1) is 25.3. The summed E-state index contributed by atoms with van der Waals surface area (Å²) in [5, 5.41) is 3.60. The van der Waals surface area contributed by atoms with Crippen LogP contribution in [0.25, 0.3) is 0 Å². The standard InChI is InChI=1S/C28H24Cl2N2O5/c29-21-11-6-17(14-22(21)30)15-23(28(35)32-13-12-25-26(32)24(33)16-36-25)31-27(34)18-7-9-20(10-8-18)37-19-4-2-1-3-5-19/h1-11,14,23,25-26H,12-13,15-16H2,(H,31,34). The molecule has 0 aliphatic carbocycles. The maximum Gasteiger partial charge on any atom is 0.251 e. The highest BCUT2D eigenvalue weighted by Crippen LogP contribution is 2.29. The van der Waals surface area contributed by atoms with E-state index in [-0.39, 0.29) is 30.8 Å². The van der Waals surface area contributed by atoms with Crippen LogP contribution in [0.2, 0.25) is 10.0 Å². The molecule has 2 fully saturated rings. The molecule has 1 N–H and O–H groups in total. The van der Waals surface area contributed by atoms with Crippen LogP contribution in [0.4, 0.5) is 0 Å². The summed E-state index contributed by atoms with van der Waals surface area (Å²) in [4.78, 5) is 40.7. The fraction of sp³-hybridized carbons (Fsp3) is 0.250. The summed E-state index contributed by atoms with van der Waals surface area (Å²) in [6.07, 6.45) is 0.466. The Morgan fingerprint density at radius 1 is 1.00 bits per heavy atom. The van der Waals surface area contributed by atoms with E-state index in [0.29, 0.717) is 40.1 Å². The molecule has 2 aliphatic heterocycles. The number of Topliss-reactive ketones (excluding diaryl/α,β-unsaturated/α-hetero) is 1. The number of halogens is 2. The average molecular weight is 539 g/mol. The average Bonchev–Trinajstić information content (AvgIpc) is 3.49. The largest absolute Gasteiger partial charge is 0.457 e. The molecule has 5 rings (SSSR count). The van der Waals surface area contributed by atoms with Crippen LogP contribution in [0.1, 0.15) is 22.3 Å². The van der Waals surface area contributed by atoms with Crippen molar-refractivity contribution in [3.8, 4) is 11.5 Å². The van der Waals surface area contributed by atoms with Gasteiger partial charge in [-0.3, -0.25) is 14.4 Å². The van der Waals surface area contributed by atoms with Crippen molar-refractivity contribution in [1.82, 2.24) is 10.2 Å². The van der Waals surface area contributed by atoms with Crippen molar-refractivity contribution in [2.24, 2.45) is 0 Å². The molecule has 0 bridgehead atoms. The molecule has 190 valence electrons. The molecule has 2 heterocycles. The number of hydrogen-bond donors (Lipinski definition) is 1. The van der Waals surface area contributed by atoms with Gasteiger partial charge in [0.05, 0.1) is 16.1 Å². The Hall–Kier alpha value is -3.39. The van der Waals surface area contributed by atoms with E-state index in [9.17, 15) is 14.4 Å². The first-order valence-corrected chi connectivity index (χ1v) is 12.7. The number of benzene rings is 3. The van der Waals surface area contributed by atoms with E-state index in [1.165, 1.54) is 4.90 Å². The van der Waals surface area contributed by atoms with Gasteiger partial charge >= 0.3 is 0 Å². The lowest BCUT2D eigenvalue weighted by Gasteiger charge is -2.27. The first-order chi connectivity index (χ1) is 17.9. The second kappa shape index (κ2) is 10.9. The molecule has 0 saturated carbocycles. The van der Waals surface area contributed by atoms with E-state index in [1.807, 2.05) is 30.3 Å². The molecular weight excluding hydrogens is 515 g/mol. The number of nitrogens with one attached hydrogen (secondary N) is 1. The van der Waals surface area contributed by atoms with Crippen LogP contribution in [-0.2, 0) is 20.7 Å². The molecule has 2 amide bonds. The predicted octanol–water partition coefficient (Wildman–Crippen LogP) is 4.70. The summed E-state index contributed by atoms with van der Waals surface area (Å²) < 4.78 is 11.3. The number of para-hydroxylation sites is 1. The number of ether oxygens (including phenoxy) is 2. The van der Waals surface area contributed by atoms with Gasteiger partial charge in [0.15, 0.2) is 5.78 Å². The van der Waals surface area contributed by atoms with Crippen molar-refractivity contribution in [2.45, 2.75) is 31.0 Å². The highest BCUT2D eigenvalue weighted by molar-refractivity contribution is 6.42. The smallest absolute Gasteiger partial charge is 0.251 e.